The van der Waals surface area contributed by atoms with E-state index in [1.165, 1.54) is 11.3 Å². The van der Waals surface area contributed by atoms with Crippen LogP contribution < -0.4 is 10.2 Å². The molecule has 0 radical (unpaired) electrons. The number of aromatic nitrogens is 2. The summed E-state index contributed by atoms with van der Waals surface area (Å²) in [6.07, 6.45) is 5.19. The number of nitrogens with one attached hydrogen (secondary N) is 1. The summed E-state index contributed by atoms with van der Waals surface area (Å²) in [6.45, 7) is 3.59. The minimum Gasteiger partial charge on any atom is -0.462 e. The van der Waals surface area contributed by atoms with Crippen LogP contribution in [-0.4, -0.2) is 41.5 Å². The number of hydrogen-bond acceptors (Lipinski definition) is 7. The minimum atomic E-state index is -0.315. The van der Waals surface area contributed by atoms with Crippen LogP contribution in [0.1, 0.15) is 29.4 Å². The number of rotatable bonds is 5. The van der Waals surface area contributed by atoms with Crippen molar-refractivity contribution in [2.45, 2.75) is 19.8 Å². The Morgan fingerprint density at radius 3 is 2.90 bits per heavy atom. The molecule has 150 valence electrons. The molecule has 1 aliphatic rings. The number of hydrogen-bond donors (Lipinski definition) is 1. The first-order valence-electron chi connectivity index (χ1n) is 9.67. The predicted molar refractivity (Wildman–Crippen MR) is 113 cm³/mol. The van der Waals surface area contributed by atoms with Gasteiger partial charge in [-0.15, -0.1) is 11.3 Å². The molecule has 8 heteroatoms. The lowest BCUT2D eigenvalue weighted by Gasteiger charge is -2.31. The summed E-state index contributed by atoms with van der Waals surface area (Å²) in [4.78, 5) is 36.0. The first-order chi connectivity index (χ1) is 14.1. The van der Waals surface area contributed by atoms with Gasteiger partial charge in [0.05, 0.1) is 12.5 Å². The minimum absolute atomic E-state index is 0.00849. The molecule has 29 heavy (non-hydrogen) atoms. The lowest BCUT2D eigenvalue weighted by molar-refractivity contribution is -0.120. The molecule has 1 N–H and O–H groups in total. The molecular weight excluding hydrogens is 388 g/mol. The van der Waals surface area contributed by atoms with Crippen LogP contribution in [0.2, 0.25) is 0 Å². The number of nitrogens with zero attached hydrogens (tertiary/aromatic N) is 3. The molecule has 1 atom stereocenters. The highest BCUT2D eigenvalue weighted by molar-refractivity contribution is 7.20. The van der Waals surface area contributed by atoms with Crippen molar-refractivity contribution in [1.29, 1.82) is 0 Å². The molecule has 1 fully saturated rings. The standard InChI is InChI=1S/C21H22N4O3S/c1-2-28-20(27)18-12-15-11-16(6-7-17(15)29-18)24-19(26)14-5-3-10-25(13-14)21-22-8-4-9-23-21/h4,6-9,11-12,14H,2-3,5,10,13H2,1H3,(H,24,26). The fourth-order valence-corrected chi connectivity index (χ4v) is 4.43. The van der Waals surface area contributed by atoms with E-state index in [-0.39, 0.29) is 17.8 Å². The fourth-order valence-electron chi connectivity index (χ4n) is 3.50. The van der Waals surface area contributed by atoms with Crippen LogP contribution in [0.3, 0.4) is 0 Å². The molecule has 0 saturated carbocycles. The van der Waals surface area contributed by atoms with Crippen molar-refractivity contribution in [3.63, 3.8) is 0 Å². The second-order valence-corrected chi connectivity index (χ2v) is 7.99. The molecule has 0 aliphatic carbocycles. The molecule has 7 nitrogen and oxygen atoms in total. The third kappa shape index (κ3) is 4.37. The second kappa shape index (κ2) is 8.57. The van der Waals surface area contributed by atoms with Crippen LogP contribution in [0.25, 0.3) is 10.1 Å². The van der Waals surface area contributed by atoms with Gasteiger partial charge in [-0.05, 0) is 55.5 Å². The average molecular weight is 410 g/mol. The molecular formula is C21H22N4O3S. The Kier molecular flexibility index (Phi) is 5.71. The van der Waals surface area contributed by atoms with E-state index in [1.807, 2.05) is 24.3 Å². The van der Waals surface area contributed by atoms with E-state index in [1.54, 1.807) is 25.4 Å². The number of ether oxygens (including phenoxy) is 1. The molecule has 3 heterocycles. The van der Waals surface area contributed by atoms with Gasteiger partial charge in [0.15, 0.2) is 0 Å². The van der Waals surface area contributed by atoms with Gasteiger partial charge in [0.2, 0.25) is 11.9 Å². The van der Waals surface area contributed by atoms with Crippen molar-refractivity contribution in [2.24, 2.45) is 5.92 Å². The highest BCUT2D eigenvalue weighted by Gasteiger charge is 2.27. The monoisotopic (exact) mass is 410 g/mol. The molecule has 1 aromatic carbocycles. The number of anilines is 2. The Labute approximate surface area is 172 Å². The van der Waals surface area contributed by atoms with Gasteiger partial charge >= 0.3 is 5.97 Å². The first-order valence-corrected chi connectivity index (χ1v) is 10.5. The van der Waals surface area contributed by atoms with Crippen molar-refractivity contribution in [1.82, 2.24) is 9.97 Å². The van der Waals surface area contributed by atoms with Crippen LogP contribution in [0, 0.1) is 5.92 Å². The third-order valence-electron chi connectivity index (χ3n) is 4.89. The number of fused-ring (bicyclic) bond motifs is 1. The number of thiophene rings is 1. The molecule has 1 aliphatic heterocycles. The second-order valence-electron chi connectivity index (χ2n) is 6.91. The van der Waals surface area contributed by atoms with Crippen LogP contribution in [0.5, 0.6) is 0 Å². The lowest BCUT2D eigenvalue weighted by Crippen LogP contribution is -2.41. The Morgan fingerprint density at radius 1 is 1.28 bits per heavy atom. The molecule has 1 unspecified atom stereocenters. The topological polar surface area (TPSA) is 84.4 Å². The van der Waals surface area contributed by atoms with Crippen molar-refractivity contribution in [3.8, 4) is 0 Å². The highest BCUT2D eigenvalue weighted by Crippen LogP contribution is 2.29. The lowest BCUT2D eigenvalue weighted by atomic mass is 9.97. The van der Waals surface area contributed by atoms with E-state index in [9.17, 15) is 9.59 Å². The van der Waals surface area contributed by atoms with E-state index in [0.717, 1.165) is 35.2 Å². The van der Waals surface area contributed by atoms with Gasteiger partial charge in [-0.25, -0.2) is 14.8 Å². The predicted octanol–water partition coefficient (Wildman–Crippen LogP) is 3.72. The third-order valence-corrected chi connectivity index (χ3v) is 5.98. The summed E-state index contributed by atoms with van der Waals surface area (Å²) in [7, 11) is 0. The molecule has 3 aromatic rings. The Hall–Kier alpha value is -3.00. The summed E-state index contributed by atoms with van der Waals surface area (Å²) in [6, 6.07) is 9.28. The zero-order valence-electron chi connectivity index (χ0n) is 16.1. The largest absolute Gasteiger partial charge is 0.462 e. The van der Waals surface area contributed by atoms with Crippen molar-refractivity contribution in [2.75, 3.05) is 29.9 Å². The highest BCUT2D eigenvalue weighted by atomic mass is 32.1. The zero-order chi connectivity index (χ0) is 20.2. The van der Waals surface area contributed by atoms with E-state index < -0.39 is 0 Å². The fraction of sp³-hybridized carbons (Fsp3) is 0.333. The summed E-state index contributed by atoms with van der Waals surface area (Å²) in [5.41, 5.74) is 0.726. The number of esters is 1. The van der Waals surface area contributed by atoms with Gasteiger partial charge in [-0.3, -0.25) is 4.79 Å². The quantitative estimate of drug-likeness (QED) is 0.646. The number of amides is 1. The maximum Gasteiger partial charge on any atom is 0.348 e. The van der Waals surface area contributed by atoms with Crippen LogP contribution in [0.4, 0.5) is 11.6 Å². The van der Waals surface area contributed by atoms with Gasteiger partial charge in [-0.2, -0.15) is 0 Å². The van der Waals surface area contributed by atoms with Gasteiger partial charge < -0.3 is 15.0 Å². The van der Waals surface area contributed by atoms with Gasteiger partial charge in [-0.1, -0.05) is 0 Å². The summed E-state index contributed by atoms with van der Waals surface area (Å²) < 4.78 is 6.05. The Balaban J connectivity index is 1.45. The molecule has 1 saturated heterocycles. The van der Waals surface area contributed by atoms with Crippen LogP contribution >= 0.6 is 11.3 Å². The van der Waals surface area contributed by atoms with E-state index >= 15 is 0 Å². The molecule has 0 spiro atoms. The summed E-state index contributed by atoms with van der Waals surface area (Å²) in [5.74, 6) is 0.215. The van der Waals surface area contributed by atoms with Crippen molar-refractivity contribution >= 4 is 44.9 Å². The number of carbonyl (C=O) groups excluding carboxylic acids is 2. The van der Waals surface area contributed by atoms with E-state index in [4.69, 9.17) is 4.74 Å². The van der Waals surface area contributed by atoms with E-state index in [0.29, 0.717) is 24.0 Å². The smallest absolute Gasteiger partial charge is 0.348 e. The maximum absolute atomic E-state index is 12.8. The number of piperidine rings is 1. The maximum atomic E-state index is 12.8. The van der Waals surface area contributed by atoms with Crippen molar-refractivity contribution in [3.05, 3.63) is 47.6 Å². The molecule has 0 bridgehead atoms. The van der Waals surface area contributed by atoms with Crippen molar-refractivity contribution < 1.29 is 14.3 Å². The molecule has 2 aromatic heterocycles. The zero-order valence-corrected chi connectivity index (χ0v) is 16.9. The molecule has 4 rings (SSSR count). The normalized spacial score (nSPS) is 16.6. The van der Waals surface area contributed by atoms with E-state index in [2.05, 4.69) is 20.2 Å². The first kappa shape index (κ1) is 19.3. The van der Waals surface area contributed by atoms with Crippen LogP contribution in [-0.2, 0) is 9.53 Å². The Bertz CT molecular complexity index is 1020. The summed E-state index contributed by atoms with van der Waals surface area (Å²) in [5, 5.41) is 3.94. The van der Waals surface area contributed by atoms with Gasteiger partial charge in [0, 0.05) is 35.9 Å². The number of benzene rings is 1. The number of carbonyl (C=O) groups is 2. The average Bonchev–Trinajstić information content (AvgIpc) is 3.18. The summed E-state index contributed by atoms with van der Waals surface area (Å²) >= 11 is 1.39. The SMILES string of the molecule is CCOC(=O)c1cc2cc(NC(=O)C3CCCN(c4ncccn4)C3)ccc2s1. The van der Waals surface area contributed by atoms with Crippen LogP contribution in [0.15, 0.2) is 42.7 Å². The van der Waals surface area contributed by atoms with Gasteiger partial charge in [0.25, 0.3) is 0 Å². The Morgan fingerprint density at radius 2 is 2.10 bits per heavy atom. The molecule has 1 amide bonds. The van der Waals surface area contributed by atoms with Gasteiger partial charge in [0.1, 0.15) is 4.88 Å².